The van der Waals surface area contributed by atoms with Crippen molar-refractivity contribution in [3.05, 3.63) is 60.3 Å². The highest BCUT2D eigenvalue weighted by Gasteiger charge is 2.48. The monoisotopic (exact) mass is 519 g/mol. The molecule has 4 N–H and O–H groups in total. The van der Waals surface area contributed by atoms with Gasteiger partial charge in [-0.3, -0.25) is 9.19 Å². The fraction of sp³-hybridized carbons (Fsp3) is 0.269. The molecule has 1 saturated carbocycles. The Labute approximate surface area is 213 Å². The third-order valence-electron chi connectivity index (χ3n) is 7.40. The lowest BCUT2D eigenvalue weighted by molar-refractivity contribution is 0.00371. The number of primary amides is 1. The average molecular weight is 520 g/mol. The summed E-state index contributed by atoms with van der Waals surface area (Å²) in [5, 5.41) is 4.44. The number of piperidine rings is 1. The minimum Gasteiger partial charge on any atom is -0.383 e. The normalized spacial score (nSPS) is 22.4. The molecule has 3 fully saturated rings. The van der Waals surface area contributed by atoms with Crippen LogP contribution in [0.5, 0.6) is 0 Å². The topological polar surface area (TPSA) is 132 Å². The SMILES string of the molecule is C=S(C)(=O)c1c(C2CC3CC(C2)N3C(N)=O)nc2c(-c3ccc(-c4ccc(F)cc4)nc3)cnn2c1N. The molecule has 0 spiro atoms. The number of fused-ring (bicyclic) bond motifs is 3. The third kappa shape index (κ3) is 3.81. The quantitative estimate of drug-likeness (QED) is 0.398. The van der Waals surface area contributed by atoms with E-state index < -0.39 is 15.6 Å². The number of nitrogens with two attached hydrogens (primary N) is 2. The molecule has 2 bridgehead atoms. The fourth-order valence-corrected chi connectivity index (χ4v) is 6.93. The van der Waals surface area contributed by atoms with E-state index in [0.29, 0.717) is 34.8 Å². The molecule has 1 aliphatic carbocycles. The van der Waals surface area contributed by atoms with Crippen LogP contribution in [-0.2, 0) is 9.52 Å². The van der Waals surface area contributed by atoms with Gasteiger partial charge in [0.1, 0.15) is 11.6 Å². The maximum Gasteiger partial charge on any atom is 0.315 e. The van der Waals surface area contributed by atoms with Gasteiger partial charge < -0.3 is 16.4 Å². The molecule has 3 aromatic heterocycles. The molecule has 3 atom stereocenters. The standard InChI is InChI=1S/C26H26FN7O2S/c1-37(2,36)23-22(16-9-18-11-19(10-16)33(18)26(29)35)32-25-20(13-31-34(25)24(23)28)15-5-8-21(30-12-15)14-3-6-17(27)7-4-14/h3-8,12-13,16,18-19H,1,9-11,28H2,2H3,(H2,29,35). The maximum atomic E-state index is 13.3. The third-order valence-corrected chi connectivity index (χ3v) is 8.68. The lowest BCUT2D eigenvalue weighted by Crippen LogP contribution is -2.64. The number of hydrogen-bond donors (Lipinski definition) is 2. The molecule has 0 radical (unpaired) electrons. The van der Waals surface area contributed by atoms with Gasteiger partial charge in [0, 0.05) is 47.1 Å². The molecule has 3 unspecified atom stereocenters. The van der Waals surface area contributed by atoms with Crippen LogP contribution in [0.2, 0.25) is 0 Å². The first-order chi connectivity index (χ1) is 17.6. The van der Waals surface area contributed by atoms with Gasteiger partial charge in [0.05, 0.1) is 22.5 Å². The molecule has 37 heavy (non-hydrogen) atoms. The summed E-state index contributed by atoms with van der Waals surface area (Å²) in [7, 11) is -2.72. The Morgan fingerprint density at radius 2 is 1.76 bits per heavy atom. The molecule has 7 rings (SSSR count). The van der Waals surface area contributed by atoms with Crippen molar-refractivity contribution >= 4 is 32.9 Å². The Morgan fingerprint density at radius 1 is 1.08 bits per heavy atom. The molecule has 1 aromatic carbocycles. The summed E-state index contributed by atoms with van der Waals surface area (Å²) in [6, 6.07) is 9.58. The van der Waals surface area contributed by atoms with Crippen molar-refractivity contribution in [2.45, 2.75) is 42.2 Å². The Bertz CT molecular complexity index is 1640. The van der Waals surface area contributed by atoms with E-state index in [1.54, 1.807) is 35.7 Å². The van der Waals surface area contributed by atoms with Crippen molar-refractivity contribution in [1.82, 2.24) is 24.5 Å². The van der Waals surface area contributed by atoms with Gasteiger partial charge >= 0.3 is 6.03 Å². The molecular formula is C26H26FN7O2S. The summed E-state index contributed by atoms with van der Waals surface area (Å²) in [4.78, 5) is 23.5. The number of nitrogen functional groups attached to an aromatic ring is 1. The minimum absolute atomic E-state index is 0.0362. The molecule has 2 amide bonds. The number of carbonyl (C=O) groups is 1. The van der Waals surface area contributed by atoms with Gasteiger partial charge in [-0.1, -0.05) is 6.07 Å². The van der Waals surface area contributed by atoms with Crippen LogP contribution in [-0.4, -0.2) is 58.9 Å². The lowest BCUT2D eigenvalue weighted by atomic mass is 9.72. The highest BCUT2D eigenvalue weighted by molar-refractivity contribution is 7.99. The molecule has 5 heterocycles. The van der Waals surface area contributed by atoms with Crippen LogP contribution in [0.3, 0.4) is 0 Å². The van der Waals surface area contributed by atoms with Crippen LogP contribution >= 0.6 is 0 Å². The molecule has 4 aromatic rings. The van der Waals surface area contributed by atoms with E-state index in [4.69, 9.17) is 16.5 Å². The Balaban J connectivity index is 1.43. The van der Waals surface area contributed by atoms with Crippen LogP contribution in [0.15, 0.2) is 53.7 Å². The number of rotatable bonds is 4. The molecule has 11 heteroatoms. The predicted molar refractivity (Wildman–Crippen MR) is 141 cm³/mol. The number of amides is 2. The maximum absolute atomic E-state index is 13.3. The molecule has 2 saturated heterocycles. The fourth-order valence-electron chi connectivity index (χ4n) is 5.74. The second-order valence-electron chi connectivity index (χ2n) is 9.91. The van der Waals surface area contributed by atoms with Gasteiger partial charge in [0.15, 0.2) is 5.65 Å². The number of aromatic nitrogens is 4. The number of urea groups is 1. The molecule has 9 nitrogen and oxygen atoms in total. The number of nitrogens with zero attached hydrogens (tertiary/aromatic N) is 5. The van der Waals surface area contributed by atoms with E-state index in [1.807, 2.05) is 12.1 Å². The summed E-state index contributed by atoms with van der Waals surface area (Å²) in [6.07, 6.45) is 7.17. The van der Waals surface area contributed by atoms with Gasteiger partial charge in [0.25, 0.3) is 0 Å². The highest BCUT2D eigenvalue weighted by Crippen LogP contribution is 2.47. The summed E-state index contributed by atoms with van der Waals surface area (Å²) in [6.45, 7) is 0. The van der Waals surface area contributed by atoms with Gasteiger partial charge in [0.2, 0.25) is 0 Å². The summed E-state index contributed by atoms with van der Waals surface area (Å²) in [5.41, 5.74) is 16.3. The number of anilines is 1. The van der Waals surface area contributed by atoms with Gasteiger partial charge in [-0.15, -0.1) is 0 Å². The molecule has 3 aliphatic rings. The van der Waals surface area contributed by atoms with E-state index in [-0.39, 0.29) is 29.6 Å². The number of benzene rings is 1. The highest BCUT2D eigenvalue weighted by atomic mass is 32.2. The van der Waals surface area contributed by atoms with Crippen LogP contribution in [0, 0.1) is 5.82 Å². The van der Waals surface area contributed by atoms with E-state index in [0.717, 1.165) is 23.1 Å². The van der Waals surface area contributed by atoms with E-state index >= 15 is 0 Å². The first kappa shape index (κ1) is 23.4. The molecule has 190 valence electrons. The van der Waals surface area contributed by atoms with Gasteiger partial charge in [-0.25, -0.2) is 14.2 Å². The van der Waals surface area contributed by atoms with Crippen molar-refractivity contribution in [1.29, 1.82) is 0 Å². The van der Waals surface area contributed by atoms with E-state index in [9.17, 15) is 13.4 Å². The zero-order valence-electron chi connectivity index (χ0n) is 20.2. The second kappa shape index (κ2) is 8.27. The molecule has 2 aliphatic heterocycles. The number of carbonyl (C=O) groups excluding carboxylic acids is 1. The largest absolute Gasteiger partial charge is 0.383 e. The Hall–Kier alpha value is -3.99. The second-order valence-corrected chi connectivity index (χ2v) is 12.3. The predicted octanol–water partition coefficient (Wildman–Crippen LogP) is 3.28. The van der Waals surface area contributed by atoms with Gasteiger partial charge in [-0.2, -0.15) is 9.61 Å². The van der Waals surface area contributed by atoms with Crippen LogP contribution in [0.1, 0.15) is 30.9 Å². The van der Waals surface area contributed by atoms with Crippen molar-refractivity contribution in [3.8, 4) is 22.4 Å². The first-order valence-corrected chi connectivity index (χ1v) is 14.0. The Kier molecular flexibility index (Phi) is 5.23. The van der Waals surface area contributed by atoms with Crippen molar-refractivity contribution in [3.63, 3.8) is 0 Å². The van der Waals surface area contributed by atoms with Gasteiger partial charge in [-0.05, 0) is 65.0 Å². The minimum atomic E-state index is -2.72. The van der Waals surface area contributed by atoms with Crippen LogP contribution in [0.4, 0.5) is 15.0 Å². The number of hydrogen-bond acceptors (Lipinski definition) is 6. The van der Waals surface area contributed by atoms with Crippen molar-refractivity contribution in [2.75, 3.05) is 12.0 Å². The summed E-state index contributed by atoms with van der Waals surface area (Å²) in [5.74, 6) is 3.80. The Morgan fingerprint density at radius 3 is 2.35 bits per heavy atom. The van der Waals surface area contributed by atoms with Crippen molar-refractivity contribution in [2.24, 2.45) is 5.73 Å². The van der Waals surface area contributed by atoms with E-state index in [1.165, 1.54) is 16.6 Å². The lowest BCUT2D eigenvalue weighted by Gasteiger charge is -2.54. The zero-order valence-corrected chi connectivity index (χ0v) is 21.0. The smallest absolute Gasteiger partial charge is 0.315 e. The van der Waals surface area contributed by atoms with Crippen molar-refractivity contribution < 1.29 is 13.4 Å². The van der Waals surface area contributed by atoms with E-state index in [2.05, 4.69) is 16.0 Å². The summed E-state index contributed by atoms with van der Waals surface area (Å²) < 4.78 is 28.0. The average Bonchev–Trinajstić information content (AvgIpc) is 3.28. The number of pyridine rings is 1. The number of halogens is 1. The molecular weight excluding hydrogens is 493 g/mol. The first-order valence-electron chi connectivity index (χ1n) is 11.9. The zero-order chi connectivity index (χ0) is 26.1. The summed E-state index contributed by atoms with van der Waals surface area (Å²) >= 11 is 0. The van der Waals surface area contributed by atoms with Crippen LogP contribution < -0.4 is 11.5 Å². The van der Waals surface area contributed by atoms with Crippen LogP contribution in [0.25, 0.3) is 28.0 Å².